The molecule has 6 heteroatoms. The Bertz CT molecular complexity index is 702. The lowest BCUT2D eigenvalue weighted by molar-refractivity contribution is 0.102. The number of hydrogen-bond donors (Lipinski definition) is 2. The van der Waals surface area contributed by atoms with Crippen LogP contribution >= 0.6 is 11.6 Å². The number of aromatic nitrogens is 1. The van der Waals surface area contributed by atoms with Gasteiger partial charge in [-0.25, -0.2) is 0 Å². The highest BCUT2D eigenvalue weighted by atomic mass is 35.5. The summed E-state index contributed by atoms with van der Waals surface area (Å²) in [5.74, 6) is 0.137. The van der Waals surface area contributed by atoms with Crippen LogP contribution in [0.15, 0.2) is 24.4 Å². The smallest absolute Gasteiger partial charge is 0.259 e. The Hall–Kier alpha value is -2.27. The van der Waals surface area contributed by atoms with Crippen LogP contribution in [0.5, 0.6) is 5.75 Å². The molecule has 0 bridgehead atoms. The van der Waals surface area contributed by atoms with Crippen LogP contribution < -0.4 is 15.8 Å². The molecule has 1 aromatic heterocycles. The SMILES string of the molecule is COc1cc(Cl)c(C)cc1NC(=O)c1cnc(C)cc1N. The highest BCUT2D eigenvalue weighted by molar-refractivity contribution is 6.31. The van der Waals surface area contributed by atoms with Crippen LogP contribution in [0.25, 0.3) is 0 Å². The number of hydrogen-bond acceptors (Lipinski definition) is 4. The molecule has 1 aromatic carbocycles. The van der Waals surface area contributed by atoms with Crippen LogP contribution in [0.1, 0.15) is 21.6 Å². The van der Waals surface area contributed by atoms with Gasteiger partial charge in [-0.15, -0.1) is 0 Å². The summed E-state index contributed by atoms with van der Waals surface area (Å²) in [6.45, 7) is 3.66. The van der Waals surface area contributed by atoms with Gasteiger partial charge in [-0.2, -0.15) is 0 Å². The lowest BCUT2D eigenvalue weighted by atomic mass is 10.1. The number of anilines is 2. The van der Waals surface area contributed by atoms with E-state index in [1.807, 2.05) is 13.8 Å². The summed E-state index contributed by atoms with van der Waals surface area (Å²) in [5.41, 5.74) is 8.66. The number of halogens is 1. The minimum Gasteiger partial charge on any atom is -0.495 e. The Balaban J connectivity index is 2.33. The van der Waals surface area contributed by atoms with Crippen molar-refractivity contribution >= 4 is 28.9 Å². The first-order chi connectivity index (χ1) is 9.92. The maximum Gasteiger partial charge on any atom is 0.259 e. The molecule has 0 saturated carbocycles. The normalized spacial score (nSPS) is 10.3. The molecular formula is C15H16ClN3O2. The molecule has 0 radical (unpaired) electrons. The van der Waals surface area contributed by atoms with E-state index in [1.54, 1.807) is 18.2 Å². The van der Waals surface area contributed by atoms with Crippen molar-refractivity contribution < 1.29 is 9.53 Å². The van der Waals surface area contributed by atoms with Crippen LogP contribution in [0.4, 0.5) is 11.4 Å². The van der Waals surface area contributed by atoms with Gasteiger partial charge in [0, 0.05) is 28.7 Å². The molecule has 0 unspecified atom stereocenters. The fourth-order valence-electron chi connectivity index (χ4n) is 1.89. The van der Waals surface area contributed by atoms with E-state index < -0.39 is 0 Å². The summed E-state index contributed by atoms with van der Waals surface area (Å²) in [6.07, 6.45) is 1.45. The van der Waals surface area contributed by atoms with Crippen LogP contribution in [0.3, 0.4) is 0 Å². The number of nitrogens with zero attached hydrogens (tertiary/aromatic N) is 1. The van der Waals surface area contributed by atoms with Crippen molar-refractivity contribution in [2.24, 2.45) is 0 Å². The first-order valence-corrected chi connectivity index (χ1v) is 6.67. The predicted molar refractivity (Wildman–Crippen MR) is 84.1 cm³/mol. The van der Waals surface area contributed by atoms with E-state index in [4.69, 9.17) is 22.1 Å². The molecule has 110 valence electrons. The molecule has 0 aliphatic carbocycles. The molecule has 0 atom stereocenters. The van der Waals surface area contributed by atoms with Gasteiger partial charge in [-0.05, 0) is 31.5 Å². The van der Waals surface area contributed by atoms with E-state index in [-0.39, 0.29) is 5.91 Å². The van der Waals surface area contributed by atoms with Gasteiger partial charge in [0.25, 0.3) is 5.91 Å². The second kappa shape index (κ2) is 6.01. The van der Waals surface area contributed by atoms with Crippen LogP contribution in [-0.4, -0.2) is 18.0 Å². The maximum atomic E-state index is 12.3. The third-order valence-electron chi connectivity index (χ3n) is 3.05. The third kappa shape index (κ3) is 3.25. The number of nitrogens with one attached hydrogen (secondary N) is 1. The fourth-order valence-corrected chi connectivity index (χ4v) is 2.04. The van der Waals surface area contributed by atoms with E-state index in [9.17, 15) is 4.79 Å². The Kier molecular flexibility index (Phi) is 4.33. The van der Waals surface area contributed by atoms with Crippen molar-refractivity contribution in [2.75, 3.05) is 18.2 Å². The molecule has 21 heavy (non-hydrogen) atoms. The van der Waals surface area contributed by atoms with E-state index >= 15 is 0 Å². The summed E-state index contributed by atoms with van der Waals surface area (Å²) in [5, 5.41) is 3.33. The van der Waals surface area contributed by atoms with Gasteiger partial charge in [0.15, 0.2) is 0 Å². The lowest BCUT2D eigenvalue weighted by Gasteiger charge is -2.13. The van der Waals surface area contributed by atoms with Gasteiger partial charge >= 0.3 is 0 Å². The number of pyridine rings is 1. The highest BCUT2D eigenvalue weighted by Gasteiger charge is 2.14. The number of methoxy groups -OCH3 is 1. The monoisotopic (exact) mass is 305 g/mol. The third-order valence-corrected chi connectivity index (χ3v) is 3.45. The molecule has 3 N–H and O–H groups in total. The van der Waals surface area contributed by atoms with E-state index in [1.165, 1.54) is 13.3 Å². The number of nitrogens with two attached hydrogens (primary N) is 1. The standard InChI is InChI=1S/C15H16ClN3O2/c1-8-4-13(14(21-3)6-11(8)16)19-15(20)10-7-18-9(2)5-12(10)17/h4-7H,1-3H3,(H2,17,18)(H,19,20). The molecule has 0 saturated heterocycles. The predicted octanol–water partition coefficient (Wildman–Crippen LogP) is 3.19. The number of amides is 1. The average Bonchev–Trinajstić information content (AvgIpc) is 2.42. The van der Waals surface area contributed by atoms with Crippen molar-refractivity contribution in [1.82, 2.24) is 4.98 Å². The number of benzene rings is 1. The summed E-state index contributed by atoms with van der Waals surface area (Å²) in [6, 6.07) is 5.05. The van der Waals surface area contributed by atoms with Crippen molar-refractivity contribution in [3.8, 4) is 5.75 Å². The van der Waals surface area contributed by atoms with E-state index in [2.05, 4.69) is 10.3 Å². The van der Waals surface area contributed by atoms with Crippen molar-refractivity contribution in [3.63, 3.8) is 0 Å². The Morgan fingerprint density at radius 3 is 2.67 bits per heavy atom. The molecule has 0 spiro atoms. The van der Waals surface area contributed by atoms with Gasteiger partial charge < -0.3 is 15.8 Å². The molecule has 0 aliphatic heterocycles. The first-order valence-electron chi connectivity index (χ1n) is 6.30. The van der Waals surface area contributed by atoms with Crippen molar-refractivity contribution in [3.05, 3.63) is 46.2 Å². The number of nitrogen functional groups attached to an aromatic ring is 1. The molecule has 0 fully saturated rings. The molecule has 2 rings (SSSR count). The van der Waals surface area contributed by atoms with Gasteiger partial charge in [0.1, 0.15) is 5.75 Å². The van der Waals surface area contributed by atoms with Crippen LogP contribution in [0.2, 0.25) is 5.02 Å². The molecule has 5 nitrogen and oxygen atoms in total. The maximum absolute atomic E-state index is 12.3. The van der Waals surface area contributed by atoms with E-state index in [0.29, 0.717) is 27.7 Å². The first kappa shape index (κ1) is 15.1. The number of aryl methyl sites for hydroxylation is 2. The average molecular weight is 306 g/mol. The topological polar surface area (TPSA) is 77.2 Å². The fraction of sp³-hybridized carbons (Fsp3) is 0.200. The second-order valence-electron chi connectivity index (χ2n) is 4.67. The number of carbonyl (C=O) groups excluding carboxylic acids is 1. The van der Waals surface area contributed by atoms with Gasteiger partial charge in [-0.1, -0.05) is 11.6 Å². The van der Waals surface area contributed by atoms with E-state index in [0.717, 1.165) is 11.3 Å². The number of ether oxygens (including phenoxy) is 1. The van der Waals surface area contributed by atoms with Crippen LogP contribution in [-0.2, 0) is 0 Å². The number of rotatable bonds is 3. The summed E-state index contributed by atoms with van der Waals surface area (Å²) in [4.78, 5) is 16.4. The Morgan fingerprint density at radius 1 is 1.33 bits per heavy atom. The molecule has 2 aromatic rings. The second-order valence-corrected chi connectivity index (χ2v) is 5.08. The quantitative estimate of drug-likeness (QED) is 0.913. The zero-order chi connectivity index (χ0) is 15.6. The zero-order valence-corrected chi connectivity index (χ0v) is 12.8. The van der Waals surface area contributed by atoms with Crippen LogP contribution in [0, 0.1) is 13.8 Å². The summed E-state index contributed by atoms with van der Waals surface area (Å²) in [7, 11) is 1.51. The summed E-state index contributed by atoms with van der Waals surface area (Å²) >= 11 is 6.04. The van der Waals surface area contributed by atoms with Gasteiger partial charge in [0.05, 0.1) is 18.4 Å². The number of carbonyl (C=O) groups is 1. The zero-order valence-electron chi connectivity index (χ0n) is 12.0. The Morgan fingerprint density at radius 2 is 2.05 bits per heavy atom. The van der Waals surface area contributed by atoms with Crippen molar-refractivity contribution in [1.29, 1.82) is 0 Å². The minimum atomic E-state index is -0.347. The minimum absolute atomic E-state index is 0.315. The van der Waals surface area contributed by atoms with Gasteiger partial charge in [0.2, 0.25) is 0 Å². The molecule has 1 heterocycles. The summed E-state index contributed by atoms with van der Waals surface area (Å²) < 4.78 is 5.22. The largest absolute Gasteiger partial charge is 0.495 e. The lowest BCUT2D eigenvalue weighted by Crippen LogP contribution is -2.15. The van der Waals surface area contributed by atoms with Gasteiger partial charge in [-0.3, -0.25) is 9.78 Å². The van der Waals surface area contributed by atoms with Crippen molar-refractivity contribution in [2.45, 2.75) is 13.8 Å². The molecular weight excluding hydrogens is 290 g/mol. The molecule has 1 amide bonds. The Labute approximate surface area is 128 Å². The molecule has 0 aliphatic rings. The highest BCUT2D eigenvalue weighted by Crippen LogP contribution is 2.31.